The van der Waals surface area contributed by atoms with Crippen LogP contribution in [0.4, 0.5) is 10.5 Å². The van der Waals surface area contributed by atoms with Crippen molar-refractivity contribution in [2.24, 2.45) is 0 Å². The first-order valence-corrected chi connectivity index (χ1v) is 12.9. The van der Waals surface area contributed by atoms with Crippen molar-refractivity contribution in [3.05, 3.63) is 54.9 Å². The number of amides is 3. The number of nitrogens with one attached hydrogen (secondary N) is 1. The zero-order valence-electron chi connectivity index (χ0n) is 18.6. The maximum atomic E-state index is 12.8. The van der Waals surface area contributed by atoms with Crippen LogP contribution in [-0.4, -0.2) is 54.8 Å². The molecule has 0 atom stereocenters. The molecule has 3 rings (SSSR count). The Bertz CT molecular complexity index is 1200. The summed E-state index contributed by atoms with van der Waals surface area (Å²) in [5, 5.41) is 2.13. The third-order valence-corrected chi connectivity index (χ3v) is 6.91. The molecule has 0 saturated carbocycles. The van der Waals surface area contributed by atoms with E-state index in [9.17, 15) is 19.2 Å². The van der Waals surface area contributed by atoms with Gasteiger partial charge in [-0.15, -0.1) is 0 Å². The maximum Gasteiger partial charge on any atom is 0.344 e. The van der Waals surface area contributed by atoms with Gasteiger partial charge in [-0.05, 0) is 93.1 Å². The minimum atomic E-state index is -0.570. The van der Waals surface area contributed by atoms with Gasteiger partial charge in [0.25, 0.3) is 11.1 Å². The molecule has 35 heavy (non-hydrogen) atoms. The number of hydrogen-bond donors (Lipinski definition) is 1. The van der Waals surface area contributed by atoms with E-state index in [0.717, 1.165) is 16.7 Å². The lowest BCUT2D eigenvalue weighted by atomic mass is 10.2. The molecule has 0 bridgehead atoms. The second-order valence-electron chi connectivity index (χ2n) is 6.92. The van der Waals surface area contributed by atoms with E-state index in [2.05, 4.69) is 21.2 Å². The van der Waals surface area contributed by atoms with Crippen LogP contribution in [-0.2, 0) is 19.1 Å². The van der Waals surface area contributed by atoms with Crippen molar-refractivity contribution < 1.29 is 33.4 Å². The summed E-state index contributed by atoms with van der Waals surface area (Å²) in [5.74, 6) is -0.875. The lowest BCUT2D eigenvalue weighted by Gasteiger charge is -2.14. The molecular formula is C23H20BrIN2O7S. The van der Waals surface area contributed by atoms with Crippen LogP contribution in [0.1, 0.15) is 12.5 Å². The van der Waals surface area contributed by atoms with Gasteiger partial charge in [0.2, 0.25) is 5.91 Å². The van der Waals surface area contributed by atoms with Gasteiger partial charge >= 0.3 is 5.97 Å². The Balaban J connectivity index is 1.73. The number of nitrogens with zero attached hydrogens (tertiary/aromatic N) is 1. The topological polar surface area (TPSA) is 111 Å². The zero-order valence-corrected chi connectivity index (χ0v) is 23.2. The summed E-state index contributed by atoms with van der Waals surface area (Å²) in [5.41, 5.74) is 1.12. The van der Waals surface area contributed by atoms with Crippen molar-refractivity contribution in [3.8, 4) is 11.5 Å². The lowest BCUT2D eigenvalue weighted by molar-refractivity contribution is -0.145. The Morgan fingerprint density at radius 3 is 2.66 bits per heavy atom. The van der Waals surface area contributed by atoms with Gasteiger partial charge in [-0.2, -0.15) is 0 Å². The van der Waals surface area contributed by atoms with Crippen LogP contribution in [0.2, 0.25) is 0 Å². The second-order valence-corrected chi connectivity index (χ2v) is 9.93. The number of para-hydroxylation sites is 1. The van der Waals surface area contributed by atoms with E-state index >= 15 is 0 Å². The number of imide groups is 1. The predicted molar refractivity (Wildman–Crippen MR) is 143 cm³/mol. The average molecular weight is 675 g/mol. The summed E-state index contributed by atoms with van der Waals surface area (Å²) in [7, 11) is 1.45. The SMILES string of the molecule is CCOC(=O)COc1c(I)cc(/C=C2/SC(=O)N(CC(=O)Nc3ccccc3Br)C2=O)cc1OC. The van der Waals surface area contributed by atoms with E-state index < -0.39 is 29.6 Å². The number of esters is 1. The third kappa shape index (κ3) is 6.98. The number of rotatable bonds is 9. The van der Waals surface area contributed by atoms with Crippen molar-refractivity contribution in [2.75, 3.05) is 32.2 Å². The van der Waals surface area contributed by atoms with Gasteiger partial charge < -0.3 is 19.5 Å². The molecule has 0 spiro atoms. The fraction of sp³-hybridized carbons (Fsp3) is 0.217. The minimum Gasteiger partial charge on any atom is -0.493 e. The summed E-state index contributed by atoms with van der Waals surface area (Å²) in [6.07, 6.45) is 1.54. The molecule has 0 radical (unpaired) electrons. The Labute approximate surface area is 227 Å². The molecule has 1 fully saturated rings. The number of methoxy groups -OCH3 is 1. The van der Waals surface area contributed by atoms with E-state index in [-0.39, 0.29) is 18.1 Å². The van der Waals surface area contributed by atoms with Crippen LogP contribution in [0, 0.1) is 3.57 Å². The third-order valence-electron chi connectivity index (χ3n) is 4.51. The van der Waals surface area contributed by atoms with Crippen molar-refractivity contribution in [2.45, 2.75) is 6.92 Å². The number of carbonyl (C=O) groups excluding carboxylic acids is 4. The van der Waals surface area contributed by atoms with Gasteiger partial charge in [0.1, 0.15) is 6.54 Å². The monoisotopic (exact) mass is 674 g/mol. The quantitative estimate of drug-likeness (QED) is 0.232. The Kier molecular flexibility index (Phi) is 9.57. The van der Waals surface area contributed by atoms with E-state index in [0.29, 0.717) is 30.8 Å². The normalized spacial score (nSPS) is 14.3. The van der Waals surface area contributed by atoms with E-state index in [4.69, 9.17) is 14.2 Å². The van der Waals surface area contributed by atoms with Crippen molar-refractivity contribution in [3.63, 3.8) is 0 Å². The first-order chi connectivity index (χ1) is 16.7. The largest absolute Gasteiger partial charge is 0.493 e. The van der Waals surface area contributed by atoms with Crippen molar-refractivity contribution >= 4 is 85.1 Å². The fourth-order valence-electron chi connectivity index (χ4n) is 2.98. The summed E-state index contributed by atoms with van der Waals surface area (Å²) in [6.45, 7) is 1.26. The Morgan fingerprint density at radius 2 is 1.97 bits per heavy atom. The molecule has 12 heteroatoms. The highest BCUT2D eigenvalue weighted by Gasteiger charge is 2.36. The number of hydrogen-bond acceptors (Lipinski definition) is 8. The standard InChI is InChI=1S/C23H20BrIN2O7S/c1-3-33-20(29)12-34-21-15(25)8-13(9-17(21)32-2)10-18-22(30)27(23(31)35-18)11-19(28)26-16-7-5-4-6-14(16)24/h4-10H,3,11-12H2,1-2H3,(H,26,28)/b18-10+. The van der Waals surface area contributed by atoms with Crippen LogP contribution >= 0.6 is 50.3 Å². The molecule has 184 valence electrons. The number of carbonyl (C=O) groups is 4. The molecular weight excluding hydrogens is 655 g/mol. The van der Waals surface area contributed by atoms with Gasteiger partial charge in [0, 0.05) is 4.47 Å². The zero-order chi connectivity index (χ0) is 25.5. The summed E-state index contributed by atoms with van der Waals surface area (Å²) < 4.78 is 17.1. The highest BCUT2D eigenvalue weighted by Crippen LogP contribution is 2.37. The predicted octanol–water partition coefficient (Wildman–Crippen LogP) is 4.68. The molecule has 2 aromatic carbocycles. The Morgan fingerprint density at radius 1 is 1.23 bits per heavy atom. The summed E-state index contributed by atoms with van der Waals surface area (Å²) in [6, 6.07) is 10.4. The van der Waals surface area contributed by atoms with Gasteiger partial charge in [-0.1, -0.05) is 12.1 Å². The molecule has 0 unspecified atom stereocenters. The van der Waals surface area contributed by atoms with Crippen LogP contribution in [0.15, 0.2) is 45.8 Å². The smallest absolute Gasteiger partial charge is 0.344 e. The maximum absolute atomic E-state index is 12.8. The van der Waals surface area contributed by atoms with Gasteiger partial charge in [0.05, 0.1) is 27.9 Å². The molecule has 1 saturated heterocycles. The highest BCUT2D eigenvalue weighted by molar-refractivity contribution is 14.1. The molecule has 0 aliphatic carbocycles. The molecule has 2 aromatic rings. The minimum absolute atomic E-state index is 0.168. The highest BCUT2D eigenvalue weighted by atomic mass is 127. The fourth-order valence-corrected chi connectivity index (χ4v) is 4.98. The Hall–Kier alpha value is -2.58. The second kappa shape index (κ2) is 12.4. The first kappa shape index (κ1) is 27.0. The van der Waals surface area contributed by atoms with Gasteiger partial charge in [-0.3, -0.25) is 19.3 Å². The van der Waals surface area contributed by atoms with Gasteiger partial charge in [0.15, 0.2) is 18.1 Å². The van der Waals surface area contributed by atoms with E-state index in [1.165, 1.54) is 13.2 Å². The van der Waals surface area contributed by atoms with Crippen molar-refractivity contribution in [1.82, 2.24) is 4.90 Å². The molecule has 1 heterocycles. The number of halogens is 2. The van der Waals surface area contributed by atoms with Crippen LogP contribution in [0.3, 0.4) is 0 Å². The number of benzene rings is 2. The van der Waals surface area contributed by atoms with Crippen molar-refractivity contribution in [1.29, 1.82) is 0 Å². The number of ether oxygens (including phenoxy) is 3. The molecule has 0 aromatic heterocycles. The van der Waals surface area contributed by atoms with E-state index in [1.54, 1.807) is 43.3 Å². The molecule has 1 aliphatic heterocycles. The molecule has 9 nitrogen and oxygen atoms in total. The van der Waals surface area contributed by atoms with Gasteiger partial charge in [-0.25, -0.2) is 4.79 Å². The first-order valence-electron chi connectivity index (χ1n) is 10.2. The summed E-state index contributed by atoms with van der Waals surface area (Å²) >= 11 is 6.10. The molecule has 1 N–H and O–H groups in total. The number of thioether (sulfide) groups is 1. The number of anilines is 1. The van der Waals surface area contributed by atoms with Crippen LogP contribution < -0.4 is 14.8 Å². The average Bonchev–Trinajstić information content (AvgIpc) is 3.07. The van der Waals surface area contributed by atoms with Crippen LogP contribution in [0.5, 0.6) is 11.5 Å². The van der Waals surface area contributed by atoms with Crippen LogP contribution in [0.25, 0.3) is 6.08 Å². The van der Waals surface area contributed by atoms with E-state index in [1.807, 2.05) is 22.6 Å². The molecule has 1 aliphatic rings. The summed E-state index contributed by atoms with van der Waals surface area (Å²) in [4.78, 5) is 50.4. The lowest BCUT2D eigenvalue weighted by Crippen LogP contribution is -2.36. The molecule has 3 amide bonds.